The van der Waals surface area contributed by atoms with Crippen LogP contribution in [-0.4, -0.2) is 37.2 Å². The number of benzene rings is 1. The Hall–Kier alpha value is -0.650. The molecule has 0 unspecified atom stereocenters. The fourth-order valence-electron chi connectivity index (χ4n) is 1.13. The van der Waals surface area contributed by atoms with Crippen LogP contribution in [0.25, 0.3) is 0 Å². The van der Waals surface area contributed by atoms with Crippen molar-refractivity contribution in [3.05, 3.63) is 28.7 Å². The topological polar surface area (TPSA) is 27.3 Å². The van der Waals surface area contributed by atoms with Crippen molar-refractivity contribution in [1.29, 1.82) is 0 Å². The number of hydrogen-bond acceptors (Lipinski definition) is 2. The Labute approximate surface area is 110 Å². The summed E-state index contributed by atoms with van der Waals surface area (Å²) in [5.41, 5.74) is 0.983. The van der Waals surface area contributed by atoms with Crippen molar-refractivity contribution < 1.29 is 0 Å². The van der Waals surface area contributed by atoms with Crippen LogP contribution in [0.2, 0.25) is 0 Å². The minimum Gasteiger partial charge on any atom is -0.361 e. The van der Waals surface area contributed by atoms with Gasteiger partial charge in [0.25, 0.3) is 0 Å². The molecule has 0 aliphatic rings. The Bertz CT molecular complexity index is 355. The molecule has 88 valence electrons. The third kappa shape index (κ3) is 5.44. The first-order chi connectivity index (χ1) is 7.58. The molecule has 0 aromatic heterocycles. The van der Waals surface area contributed by atoms with E-state index in [4.69, 9.17) is 12.2 Å². The van der Waals surface area contributed by atoms with Gasteiger partial charge < -0.3 is 15.5 Å². The Kier molecular flexibility index (Phi) is 5.73. The van der Waals surface area contributed by atoms with E-state index in [0.29, 0.717) is 5.11 Å². The first kappa shape index (κ1) is 13.4. The number of likely N-dealkylation sites (N-methyl/N-ethyl adjacent to an activating group) is 1. The molecule has 5 heteroatoms. The Morgan fingerprint density at radius 1 is 1.44 bits per heavy atom. The largest absolute Gasteiger partial charge is 0.361 e. The number of rotatable bonds is 4. The summed E-state index contributed by atoms with van der Waals surface area (Å²) in [7, 11) is 4.07. The predicted molar refractivity (Wildman–Crippen MR) is 76.9 cm³/mol. The van der Waals surface area contributed by atoms with Crippen molar-refractivity contribution >= 4 is 38.9 Å². The smallest absolute Gasteiger partial charge is 0.170 e. The number of hydrogen-bond donors (Lipinski definition) is 2. The maximum Gasteiger partial charge on any atom is 0.170 e. The summed E-state index contributed by atoms with van der Waals surface area (Å²) < 4.78 is 1.04. The molecule has 3 nitrogen and oxygen atoms in total. The van der Waals surface area contributed by atoms with E-state index in [0.717, 1.165) is 23.2 Å². The van der Waals surface area contributed by atoms with Crippen LogP contribution in [-0.2, 0) is 0 Å². The van der Waals surface area contributed by atoms with Gasteiger partial charge in [-0.05, 0) is 44.5 Å². The normalized spacial score (nSPS) is 10.2. The summed E-state index contributed by atoms with van der Waals surface area (Å²) in [4.78, 5) is 2.11. The Balaban J connectivity index is 2.34. The standard InChI is InChI=1S/C11H16BrN3S/c1-15(2)7-6-13-11(16)14-10-5-3-4-9(12)8-10/h3-5,8H,6-7H2,1-2H3,(H2,13,14,16). The van der Waals surface area contributed by atoms with E-state index in [9.17, 15) is 0 Å². The first-order valence-electron chi connectivity index (χ1n) is 5.03. The molecule has 0 aliphatic heterocycles. The lowest BCUT2D eigenvalue weighted by Crippen LogP contribution is -2.34. The van der Waals surface area contributed by atoms with E-state index in [1.54, 1.807) is 0 Å². The van der Waals surface area contributed by atoms with Crippen molar-refractivity contribution in [3.63, 3.8) is 0 Å². The minimum atomic E-state index is 0.653. The van der Waals surface area contributed by atoms with Crippen molar-refractivity contribution in [3.8, 4) is 0 Å². The van der Waals surface area contributed by atoms with Gasteiger partial charge in [-0.1, -0.05) is 22.0 Å². The average Bonchev–Trinajstić information content (AvgIpc) is 2.16. The SMILES string of the molecule is CN(C)CCNC(=S)Nc1cccc(Br)c1. The summed E-state index contributed by atoms with van der Waals surface area (Å²) in [5.74, 6) is 0. The van der Waals surface area contributed by atoms with Crippen LogP contribution in [0.15, 0.2) is 28.7 Å². The quantitative estimate of drug-likeness (QED) is 0.835. The van der Waals surface area contributed by atoms with E-state index >= 15 is 0 Å². The minimum absolute atomic E-state index is 0.653. The molecule has 1 aromatic rings. The first-order valence-corrected chi connectivity index (χ1v) is 6.23. The van der Waals surface area contributed by atoms with Crippen LogP contribution < -0.4 is 10.6 Å². The van der Waals surface area contributed by atoms with Crippen LogP contribution >= 0.6 is 28.1 Å². The van der Waals surface area contributed by atoms with Gasteiger partial charge in [0, 0.05) is 23.2 Å². The highest BCUT2D eigenvalue weighted by Gasteiger charge is 1.97. The van der Waals surface area contributed by atoms with Crippen LogP contribution in [0.3, 0.4) is 0 Å². The molecule has 0 atom stereocenters. The highest BCUT2D eigenvalue weighted by molar-refractivity contribution is 9.10. The third-order valence-corrected chi connectivity index (χ3v) is 2.67. The van der Waals surface area contributed by atoms with E-state index in [1.807, 2.05) is 38.4 Å². The average molecular weight is 302 g/mol. The van der Waals surface area contributed by atoms with Gasteiger partial charge in [-0.15, -0.1) is 0 Å². The molecule has 0 saturated carbocycles. The van der Waals surface area contributed by atoms with Crippen LogP contribution in [0.4, 0.5) is 5.69 Å². The van der Waals surface area contributed by atoms with Crippen molar-refractivity contribution in [2.75, 3.05) is 32.5 Å². The molecule has 0 fully saturated rings. The molecular weight excluding hydrogens is 286 g/mol. The van der Waals surface area contributed by atoms with Gasteiger partial charge >= 0.3 is 0 Å². The van der Waals surface area contributed by atoms with Crippen LogP contribution in [0.5, 0.6) is 0 Å². The second-order valence-electron chi connectivity index (χ2n) is 3.69. The summed E-state index contributed by atoms with van der Waals surface area (Å²) in [6, 6.07) is 7.91. The van der Waals surface area contributed by atoms with Crippen LogP contribution in [0, 0.1) is 0 Å². The maximum atomic E-state index is 5.18. The van der Waals surface area contributed by atoms with Crippen molar-refractivity contribution in [2.45, 2.75) is 0 Å². The van der Waals surface area contributed by atoms with Gasteiger partial charge in [-0.3, -0.25) is 0 Å². The number of thiocarbonyl (C=S) groups is 1. The van der Waals surface area contributed by atoms with Gasteiger partial charge in [0.1, 0.15) is 0 Å². The lowest BCUT2D eigenvalue weighted by molar-refractivity contribution is 0.413. The number of halogens is 1. The molecule has 16 heavy (non-hydrogen) atoms. The summed E-state index contributed by atoms with van der Waals surface area (Å²) in [6.45, 7) is 1.80. The van der Waals surface area contributed by atoms with Crippen LogP contribution in [0.1, 0.15) is 0 Å². The van der Waals surface area contributed by atoms with Gasteiger partial charge in [0.05, 0.1) is 0 Å². The zero-order chi connectivity index (χ0) is 12.0. The molecule has 0 bridgehead atoms. The highest BCUT2D eigenvalue weighted by Crippen LogP contribution is 2.15. The zero-order valence-corrected chi connectivity index (χ0v) is 11.9. The molecule has 0 saturated heterocycles. The molecule has 0 amide bonds. The van der Waals surface area contributed by atoms with Crippen molar-refractivity contribution in [2.24, 2.45) is 0 Å². The molecular formula is C11H16BrN3S. The molecule has 0 radical (unpaired) electrons. The third-order valence-electron chi connectivity index (χ3n) is 1.93. The fourth-order valence-corrected chi connectivity index (χ4v) is 1.75. The van der Waals surface area contributed by atoms with E-state index in [2.05, 4.69) is 31.5 Å². The lowest BCUT2D eigenvalue weighted by atomic mass is 10.3. The number of anilines is 1. The van der Waals surface area contributed by atoms with Gasteiger partial charge in [-0.25, -0.2) is 0 Å². The maximum absolute atomic E-state index is 5.18. The van der Waals surface area contributed by atoms with Gasteiger partial charge in [-0.2, -0.15) is 0 Å². The van der Waals surface area contributed by atoms with Gasteiger partial charge in [0.2, 0.25) is 0 Å². The van der Waals surface area contributed by atoms with Gasteiger partial charge in [0.15, 0.2) is 5.11 Å². The predicted octanol–water partition coefficient (Wildman–Crippen LogP) is 2.30. The summed E-state index contributed by atoms with van der Waals surface area (Å²) >= 11 is 8.59. The fraction of sp³-hybridized carbons (Fsp3) is 0.364. The molecule has 2 N–H and O–H groups in total. The van der Waals surface area contributed by atoms with Crippen molar-refractivity contribution in [1.82, 2.24) is 10.2 Å². The molecule has 1 rings (SSSR count). The molecule has 0 aliphatic carbocycles. The second kappa shape index (κ2) is 6.83. The Morgan fingerprint density at radius 2 is 2.19 bits per heavy atom. The highest BCUT2D eigenvalue weighted by atomic mass is 79.9. The van der Waals surface area contributed by atoms with E-state index in [1.165, 1.54) is 0 Å². The molecule has 1 aromatic carbocycles. The lowest BCUT2D eigenvalue weighted by Gasteiger charge is -2.13. The zero-order valence-electron chi connectivity index (χ0n) is 9.46. The summed E-state index contributed by atoms with van der Waals surface area (Å²) in [5, 5.41) is 6.93. The monoisotopic (exact) mass is 301 g/mol. The second-order valence-corrected chi connectivity index (χ2v) is 5.02. The summed E-state index contributed by atoms with van der Waals surface area (Å²) in [6.07, 6.45) is 0. The van der Waals surface area contributed by atoms with E-state index in [-0.39, 0.29) is 0 Å². The Morgan fingerprint density at radius 3 is 2.81 bits per heavy atom. The molecule has 0 spiro atoms. The molecule has 0 heterocycles. The van der Waals surface area contributed by atoms with E-state index < -0.39 is 0 Å². The number of nitrogens with zero attached hydrogens (tertiary/aromatic N) is 1. The number of nitrogens with one attached hydrogen (secondary N) is 2.